The highest BCUT2D eigenvalue weighted by Crippen LogP contribution is 2.32. The number of rotatable bonds is 2. The summed E-state index contributed by atoms with van der Waals surface area (Å²) in [4.78, 5) is 11.4. The Hall–Kier alpha value is -1.88. The lowest BCUT2D eigenvalue weighted by atomic mass is 9.90. The molecule has 2 N–H and O–H groups in total. The number of fused-ring (bicyclic) bond motifs is 1. The average Bonchev–Trinajstić information content (AvgIpc) is 2.85. The van der Waals surface area contributed by atoms with E-state index in [0.717, 1.165) is 23.4 Å². The van der Waals surface area contributed by atoms with Crippen LogP contribution in [0.25, 0.3) is 0 Å². The monoisotopic (exact) mass is 272 g/mol. The van der Waals surface area contributed by atoms with Gasteiger partial charge in [0.05, 0.1) is 11.4 Å². The maximum Gasteiger partial charge on any atom is 0.240 e. The molecular weight excluding hydrogens is 252 g/mol. The fourth-order valence-corrected chi connectivity index (χ4v) is 2.81. The number of hydrazine groups is 1. The van der Waals surface area contributed by atoms with E-state index in [2.05, 4.69) is 53.0 Å². The molecule has 5 nitrogen and oxygen atoms in total. The number of hydrazone groups is 1. The van der Waals surface area contributed by atoms with E-state index in [-0.39, 0.29) is 11.8 Å². The first kappa shape index (κ1) is 13.1. The quantitative estimate of drug-likeness (QED) is 0.806. The van der Waals surface area contributed by atoms with E-state index in [1.54, 1.807) is 0 Å². The Morgan fingerprint density at radius 3 is 2.95 bits per heavy atom. The minimum atomic E-state index is -0.00815. The van der Waals surface area contributed by atoms with Crippen LogP contribution in [-0.2, 0) is 4.79 Å². The predicted octanol–water partition coefficient (Wildman–Crippen LogP) is 1.82. The zero-order valence-corrected chi connectivity index (χ0v) is 12.1. The van der Waals surface area contributed by atoms with E-state index < -0.39 is 0 Å². The Kier molecular flexibility index (Phi) is 3.22. The number of hydrogen-bond acceptors (Lipinski definition) is 4. The second-order valence-corrected chi connectivity index (χ2v) is 5.56. The first-order valence-electron chi connectivity index (χ1n) is 7.14. The molecule has 20 heavy (non-hydrogen) atoms. The molecule has 3 heterocycles. The van der Waals surface area contributed by atoms with E-state index in [9.17, 15) is 4.79 Å². The first-order chi connectivity index (χ1) is 9.60. The third-order valence-corrected chi connectivity index (χ3v) is 3.99. The van der Waals surface area contributed by atoms with E-state index >= 15 is 0 Å². The van der Waals surface area contributed by atoms with Crippen molar-refractivity contribution in [2.75, 3.05) is 0 Å². The first-order valence-corrected chi connectivity index (χ1v) is 7.14. The van der Waals surface area contributed by atoms with Crippen molar-refractivity contribution in [2.24, 2.45) is 11.0 Å². The SMILES string of the molecule is CCC1C=C2C(C3=NNC(=O)CC3C)=CC=C(C)N2N1. The number of nitrogens with zero attached hydrogens (tertiary/aromatic N) is 2. The van der Waals surface area contributed by atoms with Crippen molar-refractivity contribution in [3.8, 4) is 0 Å². The van der Waals surface area contributed by atoms with Gasteiger partial charge in [-0.15, -0.1) is 0 Å². The molecule has 0 fully saturated rings. The highest BCUT2D eigenvalue weighted by molar-refractivity contribution is 6.08. The number of nitrogens with one attached hydrogen (secondary N) is 2. The molecule has 3 aliphatic rings. The van der Waals surface area contributed by atoms with Crippen LogP contribution in [0.4, 0.5) is 0 Å². The number of allylic oxidation sites excluding steroid dienone is 4. The van der Waals surface area contributed by atoms with Gasteiger partial charge in [0, 0.05) is 29.7 Å². The minimum absolute atomic E-state index is 0.00815. The third-order valence-electron chi connectivity index (χ3n) is 3.99. The van der Waals surface area contributed by atoms with E-state index in [1.807, 2.05) is 6.92 Å². The molecule has 0 aromatic rings. The van der Waals surface area contributed by atoms with Crippen molar-refractivity contribution < 1.29 is 4.79 Å². The molecule has 5 heteroatoms. The maximum atomic E-state index is 11.4. The molecule has 2 atom stereocenters. The standard InChI is InChI=1S/C15H20N4O/c1-4-11-8-13-12(6-5-10(3)19(13)18-11)15-9(2)7-14(20)16-17-15/h5-6,8-9,11,18H,4,7H2,1-3H3,(H,16,20). The van der Waals surface area contributed by atoms with Gasteiger partial charge < -0.3 is 0 Å². The van der Waals surface area contributed by atoms with Gasteiger partial charge in [0.1, 0.15) is 0 Å². The van der Waals surface area contributed by atoms with Crippen LogP contribution in [0.5, 0.6) is 0 Å². The summed E-state index contributed by atoms with van der Waals surface area (Å²) in [5.41, 5.74) is 10.5. The Bertz CT molecular complexity index is 570. The molecule has 0 spiro atoms. The van der Waals surface area contributed by atoms with Gasteiger partial charge in [0.2, 0.25) is 5.91 Å². The molecule has 106 valence electrons. The molecule has 0 radical (unpaired) electrons. The van der Waals surface area contributed by atoms with Gasteiger partial charge in [-0.3, -0.25) is 9.80 Å². The summed E-state index contributed by atoms with van der Waals surface area (Å²) in [6.07, 6.45) is 7.97. The lowest BCUT2D eigenvalue weighted by molar-refractivity contribution is -0.121. The molecule has 0 bridgehead atoms. The predicted molar refractivity (Wildman–Crippen MR) is 78.3 cm³/mol. The van der Waals surface area contributed by atoms with Crippen LogP contribution < -0.4 is 10.9 Å². The fourth-order valence-electron chi connectivity index (χ4n) is 2.81. The molecule has 3 rings (SSSR count). The topological polar surface area (TPSA) is 56.7 Å². The summed E-state index contributed by atoms with van der Waals surface area (Å²) in [5.74, 6) is 0.136. The van der Waals surface area contributed by atoms with Gasteiger partial charge in [0.25, 0.3) is 0 Å². The second-order valence-electron chi connectivity index (χ2n) is 5.56. The molecule has 1 amide bonds. The number of amides is 1. The van der Waals surface area contributed by atoms with E-state index in [1.165, 1.54) is 5.70 Å². The molecular formula is C15H20N4O. The van der Waals surface area contributed by atoms with Gasteiger partial charge in [-0.2, -0.15) is 5.10 Å². The number of hydrogen-bond donors (Lipinski definition) is 2. The van der Waals surface area contributed by atoms with Gasteiger partial charge in [-0.05, 0) is 31.6 Å². The highest BCUT2D eigenvalue weighted by Gasteiger charge is 2.32. The molecule has 0 saturated heterocycles. The fraction of sp³-hybridized carbons (Fsp3) is 0.467. The van der Waals surface area contributed by atoms with E-state index in [0.29, 0.717) is 12.5 Å². The van der Waals surface area contributed by atoms with Crippen molar-refractivity contribution in [3.63, 3.8) is 0 Å². The zero-order chi connectivity index (χ0) is 14.3. The number of carbonyl (C=O) groups is 1. The molecule has 0 aromatic heterocycles. The second kappa shape index (κ2) is 4.90. The van der Waals surface area contributed by atoms with Crippen molar-refractivity contribution in [3.05, 3.63) is 35.2 Å². The van der Waals surface area contributed by atoms with Crippen LogP contribution in [0.2, 0.25) is 0 Å². The lowest BCUT2D eigenvalue weighted by Crippen LogP contribution is -2.39. The van der Waals surface area contributed by atoms with Crippen LogP contribution in [0, 0.1) is 5.92 Å². The molecule has 0 aliphatic carbocycles. The van der Waals surface area contributed by atoms with Crippen LogP contribution in [0.1, 0.15) is 33.6 Å². The van der Waals surface area contributed by atoms with Crippen LogP contribution in [-0.4, -0.2) is 22.7 Å². The Morgan fingerprint density at radius 1 is 1.45 bits per heavy atom. The van der Waals surface area contributed by atoms with Crippen molar-refractivity contribution in [1.29, 1.82) is 0 Å². The summed E-state index contributed by atoms with van der Waals surface area (Å²) in [7, 11) is 0. The third kappa shape index (κ3) is 2.08. The van der Waals surface area contributed by atoms with Crippen molar-refractivity contribution >= 4 is 11.6 Å². The Labute approximate surface area is 119 Å². The van der Waals surface area contributed by atoms with Crippen LogP contribution in [0.3, 0.4) is 0 Å². The van der Waals surface area contributed by atoms with Gasteiger partial charge in [0.15, 0.2) is 0 Å². The average molecular weight is 272 g/mol. The summed E-state index contributed by atoms with van der Waals surface area (Å²) in [6.45, 7) is 6.30. The van der Waals surface area contributed by atoms with Gasteiger partial charge >= 0.3 is 0 Å². The molecule has 0 saturated carbocycles. The summed E-state index contributed by atoms with van der Waals surface area (Å²) < 4.78 is 0. The highest BCUT2D eigenvalue weighted by atomic mass is 16.2. The van der Waals surface area contributed by atoms with Crippen LogP contribution in [0.15, 0.2) is 40.3 Å². The maximum absolute atomic E-state index is 11.4. The summed E-state index contributed by atoms with van der Waals surface area (Å²) in [6, 6.07) is 0.351. The lowest BCUT2D eigenvalue weighted by Gasteiger charge is -2.31. The van der Waals surface area contributed by atoms with Crippen molar-refractivity contribution in [1.82, 2.24) is 15.9 Å². The minimum Gasteiger partial charge on any atom is -0.280 e. The molecule has 0 aromatic carbocycles. The summed E-state index contributed by atoms with van der Waals surface area (Å²) >= 11 is 0. The number of carbonyl (C=O) groups excluding carboxylic acids is 1. The molecule has 3 aliphatic heterocycles. The van der Waals surface area contributed by atoms with Crippen LogP contribution >= 0.6 is 0 Å². The Balaban J connectivity index is 1.98. The largest absolute Gasteiger partial charge is 0.280 e. The van der Waals surface area contributed by atoms with Crippen molar-refractivity contribution in [2.45, 2.75) is 39.7 Å². The van der Waals surface area contributed by atoms with Gasteiger partial charge in [-0.1, -0.05) is 13.8 Å². The van der Waals surface area contributed by atoms with E-state index in [4.69, 9.17) is 0 Å². The normalized spacial score (nSPS) is 29.1. The Morgan fingerprint density at radius 2 is 2.25 bits per heavy atom. The van der Waals surface area contributed by atoms with Gasteiger partial charge in [-0.25, -0.2) is 10.9 Å². The smallest absolute Gasteiger partial charge is 0.240 e. The zero-order valence-electron chi connectivity index (χ0n) is 12.1. The summed E-state index contributed by atoms with van der Waals surface area (Å²) in [5, 5.41) is 6.40. The molecule has 2 unspecified atom stereocenters.